The Morgan fingerprint density at radius 1 is 1.11 bits per heavy atom. The van der Waals surface area contributed by atoms with Gasteiger partial charge in [-0.1, -0.05) is 33.6 Å². The zero-order valence-electron chi connectivity index (χ0n) is 10.2. The smallest absolute Gasteiger partial charge is 0.163 e. The summed E-state index contributed by atoms with van der Waals surface area (Å²) in [6, 6.07) is 13.1. The first-order chi connectivity index (χ1) is 8.56. The Kier molecular flexibility index (Phi) is 3.82. The summed E-state index contributed by atoms with van der Waals surface area (Å²) in [5.41, 5.74) is 1.75. The summed E-state index contributed by atoms with van der Waals surface area (Å²) in [4.78, 5) is 11.6. The zero-order valence-corrected chi connectivity index (χ0v) is 11.8. The number of Topliss-reactive ketones (excluding diaryl/α,β-unsaturated/α-hetero) is 1. The second-order valence-corrected chi connectivity index (χ2v) is 5.03. The lowest BCUT2D eigenvalue weighted by molar-refractivity contribution is 0.101. The van der Waals surface area contributed by atoms with Gasteiger partial charge in [-0.2, -0.15) is 0 Å². The van der Waals surface area contributed by atoms with Gasteiger partial charge in [-0.25, -0.2) is 0 Å². The van der Waals surface area contributed by atoms with Gasteiger partial charge >= 0.3 is 0 Å². The van der Waals surface area contributed by atoms with Gasteiger partial charge in [0.15, 0.2) is 5.78 Å². The zero-order chi connectivity index (χ0) is 13.1. The van der Waals surface area contributed by atoms with E-state index in [2.05, 4.69) is 15.9 Å². The van der Waals surface area contributed by atoms with Crippen LogP contribution in [-0.4, -0.2) is 5.78 Å². The van der Waals surface area contributed by atoms with Crippen molar-refractivity contribution in [3.63, 3.8) is 0 Å². The summed E-state index contributed by atoms with van der Waals surface area (Å²) in [7, 11) is 0. The highest BCUT2D eigenvalue weighted by molar-refractivity contribution is 9.10. The quantitative estimate of drug-likeness (QED) is 0.765. The van der Waals surface area contributed by atoms with Crippen LogP contribution in [0.5, 0.6) is 11.5 Å². The molecule has 2 rings (SSSR count). The van der Waals surface area contributed by atoms with Crippen LogP contribution >= 0.6 is 15.9 Å². The highest BCUT2D eigenvalue weighted by Gasteiger charge is 2.09. The van der Waals surface area contributed by atoms with Crippen molar-refractivity contribution in [2.75, 3.05) is 0 Å². The Bertz CT molecular complexity index is 574. The molecule has 0 amide bonds. The molecule has 0 aliphatic rings. The summed E-state index contributed by atoms with van der Waals surface area (Å²) in [6.07, 6.45) is 0. The minimum absolute atomic E-state index is 0.0154. The Morgan fingerprint density at radius 2 is 1.78 bits per heavy atom. The molecule has 0 fully saturated rings. The van der Waals surface area contributed by atoms with Crippen molar-refractivity contribution in [1.29, 1.82) is 0 Å². The van der Waals surface area contributed by atoms with Crippen LogP contribution in [-0.2, 0) is 0 Å². The van der Waals surface area contributed by atoms with Gasteiger partial charge in [-0.15, -0.1) is 0 Å². The van der Waals surface area contributed by atoms with Crippen LogP contribution in [0.4, 0.5) is 0 Å². The average Bonchev–Trinajstić information content (AvgIpc) is 2.34. The minimum Gasteiger partial charge on any atom is -0.457 e. The van der Waals surface area contributed by atoms with Gasteiger partial charge in [0.1, 0.15) is 11.5 Å². The van der Waals surface area contributed by atoms with Crippen LogP contribution < -0.4 is 4.74 Å². The number of hydrogen-bond acceptors (Lipinski definition) is 2. The van der Waals surface area contributed by atoms with Crippen molar-refractivity contribution in [2.24, 2.45) is 0 Å². The first kappa shape index (κ1) is 12.8. The Balaban J connectivity index is 2.34. The van der Waals surface area contributed by atoms with Gasteiger partial charge in [0, 0.05) is 4.47 Å². The summed E-state index contributed by atoms with van der Waals surface area (Å²) < 4.78 is 6.60. The third-order valence-corrected chi connectivity index (χ3v) is 3.06. The summed E-state index contributed by atoms with van der Waals surface area (Å²) >= 11 is 3.35. The lowest BCUT2D eigenvalue weighted by Crippen LogP contribution is -1.97. The lowest BCUT2D eigenvalue weighted by Gasteiger charge is -2.10. The molecule has 0 saturated heterocycles. The van der Waals surface area contributed by atoms with Gasteiger partial charge in [0.2, 0.25) is 0 Å². The topological polar surface area (TPSA) is 26.3 Å². The molecule has 0 spiro atoms. The Hall–Kier alpha value is -1.61. The first-order valence-corrected chi connectivity index (χ1v) is 6.40. The predicted molar refractivity (Wildman–Crippen MR) is 75.4 cm³/mol. The molecule has 3 heteroatoms. The SMILES string of the molecule is CC(=O)c1cc(Br)ccc1Oc1ccc(C)cc1. The molecule has 0 aliphatic carbocycles. The van der Waals surface area contributed by atoms with E-state index < -0.39 is 0 Å². The van der Waals surface area contributed by atoms with E-state index in [1.807, 2.05) is 37.3 Å². The van der Waals surface area contributed by atoms with Crippen molar-refractivity contribution in [2.45, 2.75) is 13.8 Å². The minimum atomic E-state index is -0.0154. The normalized spacial score (nSPS) is 10.2. The number of aryl methyl sites for hydroxylation is 1. The van der Waals surface area contributed by atoms with E-state index in [0.717, 1.165) is 10.2 Å². The van der Waals surface area contributed by atoms with Crippen LogP contribution in [0.1, 0.15) is 22.8 Å². The predicted octanol–water partition coefficient (Wildman–Crippen LogP) is 4.75. The van der Waals surface area contributed by atoms with Crippen molar-refractivity contribution in [3.05, 3.63) is 58.1 Å². The monoisotopic (exact) mass is 304 g/mol. The number of benzene rings is 2. The number of carbonyl (C=O) groups is 1. The van der Waals surface area contributed by atoms with Crippen molar-refractivity contribution >= 4 is 21.7 Å². The Labute approximate surface area is 115 Å². The van der Waals surface area contributed by atoms with E-state index in [0.29, 0.717) is 11.3 Å². The molecule has 2 aromatic rings. The molecule has 0 saturated carbocycles. The maximum absolute atomic E-state index is 11.6. The number of carbonyl (C=O) groups excluding carboxylic acids is 1. The van der Waals surface area contributed by atoms with Gasteiger partial charge in [-0.05, 0) is 44.2 Å². The van der Waals surface area contributed by atoms with E-state index in [9.17, 15) is 4.79 Å². The standard InChI is InChI=1S/C15H13BrO2/c1-10-3-6-13(7-4-10)18-15-8-5-12(16)9-14(15)11(2)17/h3-9H,1-2H3. The molecular formula is C15H13BrO2. The molecule has 0 bridgehead atoms. The number of hydrogen-bond donors (Lipinski definition) is 0. The number of halogens is 1. The molecule has 18 heavy (non-hydrogen) atoms. The third kappa shape index (κ3) is 2.99. The lowest BCUT2D eigenvalue weighted by atomic mass is 10.1. The second-order valence-electron chi connectivity index (χ2n) is 4.11. The van der Waals surface area contributed by atoms with Gasteiger partial charge in [-0.3, -0.25) is 4.79 Å². The maximum Gasteiger partial charge on any atom is 0.163 e. The van der Waals surface area contributed by atoms with E-state index in [1.54, 1.807) is 12.1 Å². The molecule has 0 aliphatic heterocycles. The fourth-order valence-electron chi connectivity index (χ4n) is 1.60. The Morgan fingerprint density at radius 3 is 2.39 bits per heavy atom. The van der Waals surface area contributed by atoms with Crippen LogP contribution in [0.25, 0.3) is 0 Å². The number of ketones is 1. The fraction of sp³-hybridized carbons (Fsp3) is 0.133. The van der Waals surface area contributed by atoms with Crippen LogP contribution in [0.2, 0.25) is 0 Å². The van der Waals surface area contributed by atoms with Gasteiger partial charge in [0.05, 0.1) is 5.56 Å². The van der Waals surface area contributed by atoms with Crippen molar-refractivity contribution in [1.82, 2.24) is 0 Å². The second kappa shape index (κ2) is 5.36. The molecule has 0 radical (unpaired) electrons. The van der Waals surface area contributed by atoms with Crippen molar-refractivity contribution < 1.29 is 9.53 Å². The molecule has 0 aromatic heterocycles. The third-order valence-electron chi connectivity index (χ3n) is 2.57. The molecule has 2 nitrogen and oxygen atoms in total. The van der Waals surface area contributed by atoms with E-state index >= 15 is 0 Å². The van der Waals surface area contributed by atoms with E-state index in [4.69, 9.17) is 4.74 Å². The highest BCUT2D eigenvalue weighted by atomic mass is 79.9. The fourth-order valence-corrected chi connectivity index (χ4v) is 1.96. The molecule has 0 heterocycles. The van der Waals surface area contributed by atoms with E-state index in [-0.39, 0.29) is 5.78 Å². The number of ether oxygens (including phenoxy) is 1. The maximum atomic E-state index is 11.6. The summed E-state index contributed by atoms with van der Waals surface area (Å²) in [5.74, 6) is 1.29. The summed E-state index contributed by atoms with van der Waals surface area (Å²) in [5, 5.41) is 0. The van der Waals surface area contributed by atoms with Crippen molar-refractivity contribution in [3.8, 4) is 11.5 Å². The average molecular weight is 305 g/mol. The largest absolute Gasteiger partial charge is 0.457 e. The number of rotatable bonds is 3. The van der Waals surface area contributed by atoms with Gasteiger partial charge < -0.3 is 4.74 Å². The van der Waals surface area contributed by atoms with Crippen LogP contribution in [0.3, 0.4) is 0 Å². The summed E-state index contributed by atoms with van der Waals surface area (Å²) in [6.45, 7) is 3.55. The van der Waals surface area contributed by atoms with Crippen LogP contribution in [0.15, 0.2) is 46.9 Å². The molecule has 0 atom stereocenters. The molecule has 0 unspecified atom stereocenters. The van der Waals surface area contributed by atoms with Gasteiger partial charge in [0.25, 0.3) is 0 Å². The van der Waals surface area contributed by atoms with E-state index in [1.165, 1.54) is 12.5 Å². The molecular weight excluding hydrogens is 292 g/mol. The van der Waals surface area contributed by atoms with Crippen LogP contribution in [0, 0.1) is 6.92 Å². The molecule has 2 aromatic carbocycles. The molecule has 0 N–H and O–H groups in total. The molecule has 92 valence electrons. The first-order valence-electron chi connectivity index (χ1n) is 5.61. The highest BCUT2D eigenvalue weighted by Crippen LogP contribution is 2.28.